The Kier molecular flexibility index (Phi) is 5.83. The number of hydrogen-bond acceptors (Lipinski definition) is 2. The Labute approximate surface area is 103 Å². The Morgan fingerprint density at radius 1 is 0.941 bits per heavy atom. The van der Waals surface area contributed by atoms with Crippen LogP contribution in [0.25, 0.3) is 11.1 Å². The Balaban J connectivity index is 0.000000437. The molecule has 0 radical (unpaired) electrons. The number of aliphatic hydroxyl groups is 1. The lowest BCUT2D eigenvalue weighted by Crippen LogP contribution is -1.90. The minimum absolute atomic E-state index is 0.250. The van der Waals surface area contributed by atoms with Crippen molar-refractivity contribution in [3.63, 3.8) is 0 Å². The van der Waals surface area contributed by atoms with Crippen molar-refractivity contribution < 1.29 is 5.11 Å². The van der Waals surface area contributed by atoms with E-state index in [0.717, 1.165) is 0 Å². The molecule has 0 bridgehead atoms. The van der Waals surface area contributed by atoms with Gasteiger partial charge in [-0.15, -0.1) is 0 Å². The van der Waals surface area contributed by atoms with Crippen molar-refractivity contribution in [2.45, 2.75) is 6.92 Å². The molecular formula is C15H19NO. The summed E-state index contributed by atoms with van der Waals surface area (Å²) in [5, 5.41) is 10.8. The molecule has 0 atom stereocenters. The van der Waals surface area contributed by atoms with Gasteiger partial charge in [0.25, 0.3) is 0 Å². The molecule has 17 heavy (non-hydrogen) atoms. The molecule has 0 fully saturated rings. The van der Waals surface area contributed by atoms with Crippen LogP contribution < -0.4 is 5.32 Å². The van der Waals surface area contributed by atoms with E-state index in [1.165, 1.54) is 16.8 Å². The van der Waals surface area contributed by atoms with Crippen LogP contribution in [-0.4, -0.2) is 18.8 Å². The topological polar surface area (TPSA) is 32.3 Å². The summed E-state index contributed by atoms with van der Waals surface area (Å²) in [6.07, 6.45) is 0. The number of hydrogen-bond donors (Lipinski definition) is 2. The first-order valence-electron chi connectivity index (χ1n) is 5.76. The molecule has 0 aliphatic carbocycles. The van der Waals surface area contributed by atoms with E-state index in [-0.39, 0.29) is 6.61 Å². The van der Waals surface area contributed by atoms with E-state index >= 15 is 0 Å². The third kappa shape index (κ3) is 3.93. The van der Waals surface area contributed by atoms with Crippen LogP contribution in [0, 0.1) is 0 Å². The number of rotatable bonds is 2. The highest BCUT2D eigenvalue weighted by atomic mass is 16.2. The molecule has 0 aliphatic rings. The molecule has 2 aromatic rings. The second kappa shape index (κ2) is 7.47. The average molecular weight is 229 g/mol. The van der Waals surface area contributed by atoms with Gasteiger partial charge in [0.1, 0.15) is 0 Å². The largest absolute Gasteiger partial charge is 0.397 e. The number of anilines is 1. The van der Waals surface area contributed by atoms with Crippen molar-refractivity contribution >= 4 is 5.69 Å². The number of aliphatic hydroxyl groups excluding tert-OH is 1. The maximum absolute atomic E-state index is 7.57. The molecule has 90 valence electrons. The lowest BCUT2D eigenvalue weighted by Gasteiger charge is -2.08. The smallest absolute Gasteiger partial charge is 0.0417 e. The first-order chi connectivity index (χ1) is 8.33. The summed E-state index contributed by atoms with van der Waals surface area (Å²) in [4.78, 5) is 0. The van der Waals surface area contributed by atoms with Crippen molar-refractivity contribution in [3.05, 3.63) is 54.6 Å². The third-order valence-electron chi connectivity index (χ3n) is 2.28. The zero-order valence-corrected chi connectivity index (χ0v) is 10.4. The molecule has 2 nitrogen and oxygen atoms in total. The molecule has 0 aliphatic heterocycles. The van der Waals surface area contributed by atoms with Gasteiger partial charge < -0.3 is 10.4 Å². The maximum Gasteiger partial charge on any atom is 0.0417 e. The van der Waals surface area contributed by atoms with Gasteiger partial charge in [0.15, 0.2) is 0 Å². The lowest BCUT2D eigenvalue weighted by atomic mass is 10.0. The molecule has 0 saturated heterocycles. The van der Waals surface area contributed by atoms with Crippen molar-refractivity contribution in [1.82, 2.24) is 0 Å². The molecule has 0 spiro atoms. The van der Waals surface area contributed by atoms with Gasteiger partial charge in [-0.1, -0.05) is 48.5 Å². The van der Waals surface area contributed by atoms with Gasteiger partial charge in [0.05, 0.1) is 0 Å². The highest BCUT2D eigenvalue weighted by molar-refractivity contribution is 5.77. The molecule has 0 unspecified atom stereocenters. The monoisotopic (exact) mass is 229 g/mol. The van der Waals surface area contributed by atoms with Crippen molar-refractivity contribution in [1.29, 1.82) is 0 Å². The summed E-state index contributed by atoms with van der Waals surface area (Å²) >= 11 is 0. The van der Waals surface area contributed by atoms with E-state index in [4.69, 9.17) is 5.11 Å². The molecule has 2 N–H and O–H groups in total. The van der Waals surface area contributed by atoms with Gasteiger partial charge in [0, 0.05) is 24.9 Å². The van der Waals surface area contributed by atoms with Gasteiger partial charge in [-0.3, -0.25) is 0 Å². The molecule has 2 aromatic carbocycles. The molecular weight excluding hydrogens is 210 g/mol. The van der Waals surface area contributed by atoms with Crippen molar-refractivity contribution in [2.75, 3.05) is 19.0 Å². The highest BCUT2D eigenvalue weighted by Gasteiger charge is 2.00. The van der Waals surface area contributed by atoms with Gasteiger partial charge in [0.2, 0.25) is 0 Å². The minimum atomic E-state index is 0.250. The summed E-state index contributed by atoms with van der Waals surface area (Å²) < 4.78 is 0. The highest BCUT2D eigenvalue weighted by Crippen LogP contribution is 2.26. The van der Waals surface area contributed by atoms with Crippen LogP contribution in [-0.2, 0) is 0 Å². The van der Waals surface area contributed by atoms with Gasteiger partial charge in [-0.25, -0.2) is 0 Å². The van der Waals surface area contributed by atoms with E-state index in [1.807, 2.05) is 19.2 Å². The van der Waals surface area contributed by atoms with Gasteiger partial charge in [-0.2, -0.15) is 0 Å². The normalized spacial score (nSPS) is 9.12. The molecule has 0 saturated carbocycles. The van der Waals surface area contributed by atoms with E-state index in [9.17, 15) is 0 Å². The summed E-state index contributed by atoms with van der Waals surface area (Å²) in [6, 6.07) is 18.7. The first-order valence-corrected chi connectivity index (χ1v) is 5.76. The van der Waals surface area contributed by atoms with E-state index in [2.05, 4.69) is 47.8 Å². The van der Waals surface area contributed by atoms with Crippen LogP contribution in [0.1, 0.15) is 6.92 Å². The van der Waals surface area contributed by atoms with Gasteiger partial charge >= 0.3 is 0 Å². The first kappa shape index (κ1) is 13.3. The van der Waals surface area contributed by atoms with Crippen LogP contribution in [0.15, 0.2) is 54.6 Å². The number of benzene rings is 2. The summed E-state index contributed by atoms with van der Waals surface area (Å²) in [5.74, 6) is 0. The molecule has 2 rings (SSSR count). The minimum Gasteiger partial charge on any atom is -0.397 e. The van der Waals surface area contributed by atoms with E-state index in [0.29, 0.717) is 0 Å². The fraction of sp³-hybridized carbons (Fsp3) is 0.200. The molecule has 0 heterocycles. The zero-order chi connectivity index (χ0) is 12.5. The summed E-state index contributed by atoms with van der Waals surface area (Å²) in [5.41, 5.74) is 3.66. The lowest BCUT2D eigenvalue weighted by molar-refractivity contribution is 0.318. The quantitative estimate of drug-likeness (QED) is 0.827. The molecule has 2 heteroatoms. The van der Waals surface area contributed by atoms with E-state index in [1.54, 1.807) is 6.92 Å². The summed E-state index contributed by atoms with van der Waals surface area (Å²) in [6.45, 7) is 1.93. The average Bonchev–Trinajstić information content (AvgIpc) is 2.40. The fourth-order valence-electron chi connectivity index (χ4n) is 1.57. The SMILES string of the molecule is CCO.CNc1ccccc1-c1ccccc1. The molecule has 0 aromatic heterocycles. The standard InChI is InChI=1S/C13H13N.C2H6O/c1-14-13-10-6-5-9-12(13)11-7-3-2-4-8-11;1-2-3/h2-10,14H,1H3;3H,2H2,1H3. The van der Waals surface area contributed by atoms with Crippen molar-refractivity contribution in [2.24, 2.45) is 0 Å². The predicted molar refractivity (Wildman–Crippen MR) is 74.2 cm³/mol. The van der Waals surface area contributed by atoms with Crippen LogP contribution in [0.5, 0.6) is 0 Å². The number of para-hydroxylation sites is 1. The maximum atomic E-state index is 7.57. The third-order valence-corrected chi connectivity index (χ3v) is 2.28. The zero-order valence-electron chi connectivity index (χ0n) is 10.4. The van der Waals surface area contributed by atoms with Crippen LogP contribution in [0.2, 0.25) is 0 Å². The van der Waals surface area contributed by atoms with Crippen molar-refractivity contribution in [3.8, 4) is 11.1 Å². The Hall–Kier alpha value is -1.80. The Morgan fingerprint density at radius 3 is 2.06 bits per heavy atom. The second-order valence-electron chi connectivity index (χ2n) is 3.48. The fourth-order valence-corrected chi connectivity index (χ4v) is 1.57. The van der Waals surface area contributed by atoms with Crippen LogP contribution >= 0.6 is 0 Å². The number of nitrogens with one attached hydrogen (secondary N) is 1. The van der Waals surface area contributed by atoms with Crippen LogP contribution in [0.4, 0.5) is 5.69 Å². The Morgan fingerprint density at radius 2 is 1.47 bits per heavy atom. The molecule has 0 amide bonds. The Bertz CT molecular complexity index is 426. The van der Waals surface area contributed by atoms with Crippen LogP contribution in [0.3, 0.4) is 0 Å². The van der Waals surface area contributed by atoms with E-state index < -0.39 is 0 Å². The predicted octanol–water partition coefficient (Wildman–Crippen LogP) is 3.39. The van der Waals surface area contributed by atoms with Gasteiger partial charge in [-0.05, 0) is 18.6 Å². The second-order valence-corrected chi connectivity index (χ2v) is 3.48. The summed E-state index contributed by atoms with van der Waals surface area (Å²) in [7, 11) is 1.95.